The fourth-order valence-corrected chi connectivity index (χ4v) is 5.84. The average Bonchev–Trinajstić information content (AvgIpc) is 3.18. The van der Waals surface area contributed by atoms with E-state index in [-0.39, 0.29) is 17.0 Å². The van der Waals surface area contributed by atoms with E-state index in [0.717, 1.165) is 37.4 Å². The Morgan fingerprint density at radius 2 is 2.38 bits per heavy atom. The van der Waals surface area contributed by atoms with Gasteiger partial charge in [-0.1, -0.05) is 0 Å². The van der Waals surface area contributed by atoms with Crippen molar-refractivity contribution in [1.29, 1.82) is 0 Å². The molecule has 2 unspecified atom stereocenters. The summed E-state index contributed by atoms with van der Waals surface area (Å²) in [6, 6.07) is 0.0735. The molecule has 0 bridgehead atoms. The molecule has 8 heteroatoms. The monoisotopic (exact) mass is 331 g/mol. The van der Waals surface area contributed by atoms with E-state index in [9.17, 15) is 8.42 Å². The highest BCUT2D eigenvalue weighted by atomic mass is 32.2. The van der Waals surface area contributed by atoms with E-state index < -0.39 is 10.0 Å². The molecule has 0 N–H and O–H groups in total. The molecule has 0 saturated carbocycles. The lowest BCUT2D eigenvalue weighted by molar-refractivity contribution is 0.0877. The highest BCUT2D eigenvalue weighted by Crippen LogP contribution is 2.29. The van der Waals surface area contributed by atoms with Crippen LogP contribution in [0.5, 0.6) is 0 Å². The van der Waals surface area contributed by atoms with Gasteiger partial charge in [-0.15, -0.1) is 0 Å². The number of aryl methyl sites for hydroxylation is 1. The SMILES string of the molecule is Cn1cc(S(=O)(=O)N(CC2CCCO2)C2CCSC2)cn1. The summed E-state index contributed by atoms with van der Waals surface area (Å²) < 4.78 is 34.7. The van der Waals surface area contributed by atoms with Gasteiger partial charge in [-0.05, 0) is 25.0 Å². The number of hydrogen-bond acceptors (Lipinski definition) is 5. The second-order valence-electron chi connectivity index (χ2n) is 5.58. The van der Waals surface area contributed by atoms with Gasteiger partial charge in [-0.25, -0.2) is 8.42 Å². The van der Waals surface area contributed by atoms with Crippen molar-refractivity contribution in [3.8, 4) is 0 Å². The summed E-state index contributed by atoms with van der Waals surface area (Å²) in [5.41, 5.74) is 0. The zero-order valence-electron chi connectivity index (χ0n) is 12.1. The number of hydrogen-bond donors (Lipinski definition) is 0. The first-order chi connectivity index (χ1) is 10.1. The van der Waals surface area contributed by atoms with Gasteiger partial charge in [-0.2, -0.15) is 21.2 Å². The van der Waals surface area contributed by atoms with Crippen molar-refractivity contribution in [2.75, 3.05) is 24.7 Å². The highest BCUT2D eigenvalue weighted by molar-refractivity contribution is 7.99. The molecule has 21 heavy (non-hydrogen) atoms. The Labute approximate surface area is 129 Å². The predicted octanol–water partition coefficient (Wildman–Crippen LogP) is 1.10. The summed E-state index contributed by atoms with van der Waals surface area (Å²) in [5.74, 6) is 1.89. The minimum atomic E-state index is -3.49. The largest absolute Gasteiger partial charge is 0.377 e. The van der Waals surface area contributed by atoms with Gasteiger partial charge in [0.15, 0.2) is 0 Å². The van der Waals surface area contributed by atoms with Gasteiger partial charge >= 0.3 is 0 Å². The molecule has 2 atom stereocenters. The van der Waals surface area contributed by atoms with Crippen molar-refractivity contribution in [3.05, 3.63) is 12.4 Å². The molecule has 2 aliphatic rings. The number of nitrogens with zero attached hydrogens (tertiary/aromatic N) is 3. The van der Waals surface area contributed by atoms with Crippen LogP contribution >= 0.6 is 11.8 Å². The van der Waals surface area contributed by atoms with Gasteiger partial charge in [0.25, 0.3) is 0 Å². The molecule has 0 spiro atoms. The van der Waals surface area contributed by atoms with Crippen LogP contribution in [0.4, 0.5) is 0 Å². The van der Waals surface area contributed by atoms with Gasteiger partial charge < -0.3 is 4.74 Å². The first-order valence-corrected chi connectivity index (χ1v) is 9.86. The molecule has 1 aromatic rings. The van der Waals surface area contributed by atoms with Gasteiger partial charge in [0.1, 0.15) is 4.90 Å². The molecule has 3 rings (SSSR count). The molecule has 0 amide bonds. The van der Waals surface area contributed by atoms with E-state index in [1.54, 1.807) is 17.5 Å². The minimum absolute atomic E-state index is 0.0297. The summed E-state index contributed by atoms with van der Waals surface area (Å²) in [7, 11) is -1.76. The highest BCUT2D eigenvalue weighted by Gasteiger charge is 2.36. The molecule has 0 radical (unpaired) electrons. The average molecular weight is 331 g/mol. The van der Waals surface area contributed by atoms with Crippen molar-refractivity contribution in [1.82, 2.24) is 14.1 Å². The fraction of sp³-hybridized carbons (Fsp3) is 0.769. The summed E-state index contributed by atoms with van der Waals surface area (Å²) in [4.78, 5) is 0.278. The van der Waals surface area contributed by atoms with Gasteiger partial charge in [-0.3, -0.25) is 4.68 Å². The number of sulfonamides is 1. The Kier molecular flexibility index (Phi) is 4.58. The quantitative estimate of drug-likeness (QED) is 0.808. The molecule has 1 aromatic heterocycles. The van der Waals surface area contributed by atoms with Crippen molar-refractivity contribution < 1.29 is 13.2 Å². The maximum Gasteiger partial charge on any atom is 0.246 e. The van der Waals surface area contributed by atoms with E-state index in [1.807, 2.05) is 11.8 Å². The van der Waals surface area contributed by atoms with Crippen LogP contribution in [0, 0.1) is 0 Å². The molecule has 0 aromatic carbocycles. The first kappa shape index (κ1) is 15.3. The van der Waals surface area contributed by atoms with Crippen LogP contribution in [0.3, 0.4) is 0 Å². The minimum Gasteiger partial charge on any atom is -0.377 e. The van der Waals surface area contributed by atoms with Gasteiger partial charge in [0.05, 0.1) is 12.3 Å². The van der Waals surface area contributed by atoms with Crippen molar-refractivity contribution in [3.63, 3.8) is 0 Å². The van der Waals surface area contributed by atoms with Crippen LogP contribution in [0.15, 0.2) is 17.3 Å². The maximum atomic E-state index is 12.9. The normalized spacial score (nSPS) is 26.8. The van der Waals surface area contributed by atoms with Crippen LogP contribution in [0.2, 0.25) is 0 Å². The van der Waals surface area contributed by atoms with Crippen molar-refractivity contribution >= 4 is 21.8 Å². The second-order valence-corrected chi connectivity index (χ2v) is 8.62. The zero-order valence-corrected chi connectivity index (χ0v) is 13.8. The van der Waals surface area contributed by atoms with E-state index in [1.165, 1.54) is 10.9 Å². The zero-order chi connectivity index (χ0) is 14.9. The maximum absolute atomic E-state index is 12.9. The molecule has 2 saturated heterocycles. The fourth-order valence-electron chi connectivity index (χ4n) is 2.85. The number of ether oxygens (including phenoxy) is 1. The summed E-state index contributed by atoms with van der Waals surface area (Å²) in [6.45, 7) is 1.20. The predicted molar refractivity (Wildman–Crippen MR) is 81.8 cm³/mol. The van der Waals surface area contributed by atoms with Crippen LogP contribution in [-0.4, -0.2) is 59.3 Å². The lowest BCUT2D eigenvalue weighted by Crippen LogP contribution is -2.44. The molecular formula is C13H21N3O3S2. The second kappa shape index (κ2) is 6.28. The molecule has 6 nitrogen and oxygen atoms in total. The van der Waals surface area contributed by atoms with E-state index in [0.29, 0.717) is 6.54 Å². The standard InChI is InChI=1S/C13H21N3O3S2/c1-15-9-13(7-14-15)21(17,18)16(11-4-6-20-10-11)8-12-3-2-5-19-12/h7,9,11-12H,2-6,8,10H2,1H3. The van der Waals surface area contributed by atoms with Gasteiger partial charge in [0.2, 0.25) is 10.0 Å². The van der Waals surface area contributed by atoms with Crippen molar-refractivity contribution in [2.24, 2.45) is 7.05 Å². The molecular weight excluding hydrogens is 310 g/mol. The number of aromatic nitrogens is 2. The van der Waals surface area contributed by atoms with Crippen molar-refractivity contribution in [2.45, 2.75) is 36.3 Å². The van der Waals surface area contributed by atoms with E-state index in [2.05, 4.69) is 5.10 Å². The Hall–Kier alpha value is -0.570. The number of rotatable bonds is 5. The van der Waals surface area contributed by atoms with Crippen LogP contribution in [0.25, 0.3) is 0 Å². The van der Waals surface area contributed by atoms with Gasteiger partial charge in [0, 0.05) is 38.2 Å². The topological polar surface area (TPSA) is 64.4 Å². The summed E-state index contributed by atoms with van der Waals surface area (Å²) in [6.07, 6.45) is 5.91. The van der Waals surface area contributed by atoms with E-state index in [4.69, 9.17) is 4.74 Å². The molecule has 3 heterocycles. The smallest absolute Gasteiger partial charge is 0.246 e. The third kappa shape index (κ3) is 3.28. The molecule has 118 valence electrons. The molecule has 2 aliphatic heterocycles. The molecule has 0 aliphatic carbocycles. The number of thioether (sulfide) groups is 1. The third-order valence-corrected chi connectivity index (χ3v) is 7.02. The Bertz CT molecular complexity index is 575. The van der Waals surface area contributed by atoms with Crippen LogP contribution in [0.1, 0.15) is 19.3 Å². The Balaban J connectivity index is 1.85. The Morgan fingerprint density at radius 1 is 1.52 bits per heavy atom. The lowest BCUT2D eigenvalue weighted by atomic mass is 10.2. The Morgan fingerprint density at radius 3 is 2.95 bits per heavy atom. The first-order valence-electron chi connectivity index (χ1n) is 7.27. The van der Waals surface area contributed by atoms with Crippen LogP contribution in [-0.2, 0) is 21.8 Å². The summed E-state index contributed by atoms with van der Waals surface area (Å²) >= 11 is 1.82. The van der Waals surface area contributed by atoms with Crippen LogP contribution < -0.4 is 0 Å². The third-order valence-electron chi connectivity index (χ3n) is 4.01. The molecule has 2 fully saturated rings. The summed E-state index contributed by atoms with van der Waals surface area (Å²) in [5, 5.41) is 4.00. The van der Waals surface area contributed by atoms with E-state index >= 15 is 0 Å². The lowest BCUT2D eigenvalue weighted by Gasteiger charge is -2.29.